The van der Waals surface area contributed by atoms with Gasteiger partial charge in [-0.15, -0.1) is 0 Å². The van der Waals surface area contributed by atoms with Gasteiger partial charge in [-0.3, -0.25) is 4.79 Å². The van der Waals surface area contributed by atoms with Gasteiger partial charge in [0.25, 0.3) is 0 Å². The van der Waals surface area contributed by atoms with Crippen molar-refractivity contribution in [3.05, 3.63) is 131 Å². The Morgan fingerprint density at radius 1 is 0.784 bits per heavy atom. The van der Waals surface area contributed by atoms with Crippen LogP contribution in [0.4, 0.5) is 0 Å². The van der Waals surface area contributed by atoms with Crippen molar-refractivity contribution >= 4 is 11.9 Å². The van der Waals surface area contributed by atoms with Gasteiger partial charge in [0.2, 0.25) is 5.91 Å². The number of para-hydroxylation sites is 1. The Labute approximate surface area is 216 Å². The lowest BCUT2D eigenvalue weighted by Crippen LogP contribution is -2.44. The fraction of sp³-hybridized carbons (Fsp3) is 0.161. The number of carboxylic acids is 1. The van der Waals surface area contributed by atoms with Crippen LogP contribution in [0.2, 0.25) is 0 Å². The quantitative estimate of drug-likeness (QED) is 0.298. The molecule has 4 aromatic carbocycles. The Bertz CT molecular complexity index is 1270. The molecule has 1 atom stereocenters. The molecule has 188 valence electrons. The molecule has 4 rings (SSSR count). The lowest BCUT2D eigenvalue weighted by Gasteiger charge is -2.22. The first kappa shape index (κ1) is 25.5. The van der Waals surface area contributed by atoms with E-state index in [0.717, 1.165) is 16.7 Å². The summed E-state index contributed by atoms with van der Waals surface area (Å²) in [6.45, 7) is 0.294. The van der Waals surface area contributed by atoms with E-state index in [0.29, 0.717) is 23.7 Å². The van der Waals surface area contributed by atoms with Crippen molar-refractivity contribution in [3.8, 4) is 11.5 Å². The van der Waals surface area contributed by atoms with E-state index in [9.17, 15) is 14.7 Å². The van der Waals surface area contributed by atoms with Crippen LogP contribution in [0.3, 0.4) is 0 Å². The molecule has 0 unspecified atom stereocenters. The van der Waals surface area contributed by atoms with E-state index < -0.39 is 17.9 Å². The molecule has 6 heteroatoms. The van der Waals surface area contributed by atoms with Crippen molar-refractivity contribution in [3.63, 3.8) is 0 Å². The Kier molecular flexibility index (Phi) is 8.55. The second-order valence-corrected chi connectivity index (χ2v) is 8.58. The van der Waals surface area contributed by atoms with Crippen LogP contribution in [0.5, 0.6) is 11.5 Å². The van der Waals surface area contributed by atoms with Crippen LogP contribution in [0, 0.1) is 0 Å². The molecule has 0 heterocycles. The predicted molar refractivity (Wildman–Crippen MR) is 142 cm³/mol. The minimum atomic E-state index is -1.17. The molecule has 37 heavy (non-hydrogen) atoms. The number of hydrogen-bond donors (Lipinski definition) is 2. The second-order valence-electron chi connectivity index (χ2n) is 8.58. The van der Waals surface area contributed by atoms with E-state index in [-0.39, 0.29) is 12.3 Å². The van der Waals surface area contributed by atoms with Crippen molar-refractivity contribution in [1.29, 1.82) is 0 Å². The molecule has 0 aliphatic heterocycles. The minimum Gasteiger partial charge on any atom is -0.493 e. The predicted octanol–water partition coefficient (Wildman–Crippen LogP) is 5.22. The van der Waals surface area contributed by atoms with E-state index >= 15 is 0 Å². The average molecular weight is 496 g/mol. The van der Waals surface area contributed by atoms with E-state index in [2.05, 4.69) is 5.32 Å². The number of carbonyl (C=O) groups is 2. The maximum absolute atomic E-state index is 13.5. The Morgan fingerprint density at radius 2 is 1.35 bits per heavy atom. The van der Waals surface area contributed by atoms with E-state index in [4.69, 9.17) is 9.47 Å². The number of amides is 1. The third-order valence-electron chi connectivity index (χ3n) is 6.07. The number of aliphatic carboxylic acids is 1. The van der Waals surface area contributed by atoms with Crippen molar-refractivity contribution < 1.29 is 24.2 Å². The van der Waals surface area contributed by atoms with Crippen LogP contribution in [0.25, 0.3) is 0 Å². The summed E-state index contributed by atoms with van der Waals surface area (Å²) in [7, 11) is 1.54. The summed E-state index contributed by atoms with van der Waals surface area (Å²) < 4.78 is 11.6. The summed E-state index contributed by atoms with van der Waals surface area (Å²) in [5, 5.41) is 12.8. The van der Waals surface area contributed by atoms with Gasteiger partial charge in [-0.2, -0.15) is 0 Å². The zero-order valence-electron chi connectivity index (χ0n) is 20.5. The minimum absolute atomic E-state index is 0.0265. The monoisotopic (exact) mass is 495 g/mol. The molecule has 0 bridgehead atoms. The Morgan fingerprint density at radius 3 is 1.89 bits per heavy atom. The zero-order chi connectivity index (χ0) is 26.0. The summed E-state index contributed by atoms with van der Waals surface area (Å²) in [6.07, 6.45) is 0.0265. The number of ether oxygens (including phenoxy) is 2. The number of rotatable bonds is 11. The standard InChI is InChI=1S/C31H29NO5/c1-36-27-19-11-18-25(29(27)37-21-22-12-5-2-6-13-22)20-26(31(34)35)32-30(33)28(23-14-7-3-8-15-23)24-16-9-4-10-17-24/h2-19,26,28H,20-21H2,1H3,(H,32,33)(H,34,35)/t26-/m1/s1. The highest BCUT2D eigenvalue weighted by Gasteiger charge is 2.29. The number of benzene rings is 4. The smallest absolute Gasteiger partial charge is 0.326 e. The third kappa shape index (κ3) is 6.55. The van der Waals surface area contributed by atoms with Crippen molar-refractivity contribution in [2.45, 2.75) is 25.0 Å². The van der Waals surface area contributed by atoms with Crippen LogP contribution in [-0.2, 0) is 22.6 Å². The molecule has 1 amide bonds. The van der Waals surface area contributed by atoms with Gasteiger partial charge >= 0.3 is 5.97 Å². The Hall–Kier alpha value is -4.58. The largest absolute Gasteiger partial charge is 0.493 e. The normalized spacial score (nSPS) is 11.5. The van der Waals surface area contributed by atoms with Gasteiger partial charge in [0.15, 0.2) is 11.5 Å². The number of methoxy groups -OCH3 is 1. The van der Waals surface area contributed by atoms with Gasteiger partial charge in [0, 0.05) is 12.0 Å². The van der Waals surface area contributed by atoms with E-state index in [1.807, 2.05) is 91.0 Å². The zero-order valence-corrected chi connectivity index (χ0v) is 20.5. The summed E-state index contributed by atoms with van der Waals surface area (Å²) in [6, 6.07) is 32.5. The van der Waals surface area contributed by atoms with Gasteiger partial charge in [-0.25, -0.2) is 4.79 Å². The van der Waals surface area contributed by atoms with Gasteiger partial charge in [-0.1, -0.05) is 103 Å². The molecule has 6 nitrogen and oxygen atoms in total. The Balaban J connectivity index is 1.59. The number of carboxylic acid groups (broad SMARTS) is 1. The van der Waals surface area contributed by atoms with E-state index in [1.54, 1.807) is 18.2 Å². The van der Waals surface area contributed by atoms with Crippen LogP contribution in [-0.4, -0.2) is 30.1 Å². The average Bonchev–Trinajstić information content (AvgIpc) is 2.93. The van der Waals surface area contributed by atoms with Gasteiger partial charge in [0.1, 0.15) is 12.6 Å². The van der Waals surface area contributed by atoms with Gasteiger partial charge in [0.05, 0.1) is 13.0 Å². The lowest BCUT2D eigenvalue weighted by molar-refractivity contribution is -0.141. The highest BCUT2D eigenvalue weighted by molar-refractivity contribution is 5.90. The van der Waals surface area contributed by atoms with Crippen LogP contribution < -0.4 is 14.8 Å². The fourth-order valence-electron chi connectivity index (χ4n) is 4.24. The maximum Gasteiger partial charge on any atom is 0.326 e. The highest BCUT2D eigenvalue weighted by atomic mass is 16.5. The van der Waals surface area contributed by atoms with Gasteiger partial charge < -0.3 is 19.9 Å². The molecule has 0 aliphatic rings. The maximum atomic E-state index is 13.5. The first-order valence-corrected chi connectivity index (χ1v) is 12.0. The molecule has 0 saturated carbocycles. The summed E-state index contributed by atoms with van der Waals surface area (Å²) in [4.78, 5) is 25.8. The first-order valence-electron chi connectivity index (χ1n) is 12.0. The van der Waals surface area contributed by atoms with Crippen LogP contribution in [0.1, 0.15) is 28.2 Å². The summed E-state index contributed by atoms with van der Waals surface area (Å²) in [5.41, 5.74) is 3.15. The number of nitrogens with one attached hydrogen (secondary N) is 1. The third-order valence-corrected chi connectivity index (χ3v) is 6.07. The summed E-state index contributed by atoms with van der Waals surface area (Å²) in [5.74, 6) is -1.22. The fourth-order valence-corrected chi connectivity index (χ4v) is 4.24. The molecular formula is C31H29NO5. The van der Waals surface area contributed by atoms with Crippen LogP contribution >= 0.6 is 0 Å². The lowest BCUT2D eigenvalue weighted by atomic mass is 9.90. The first-order chi connectivity index (χ1) is 18.1. The highest BCUT2D eigenvalue weighted by Crippen LogP contribution is 2.33. The summed E-state index contributed by atoms with van der Waals surface area (Å²) >= 11 is 0. The van der Waals surface area contributed by atoms with Crippen LogP contribution in [0.15, 0.2) is 109 Å². The van der Waals surface area contributed by atoms with Crippen molar-refractivity contribution in [2.24, 2.45) is 0 Å². The van der Waals surface area contributed by atoms with Crippen molar-refractivity contribution in [1.82, 2.24) is 5.32 Å². The van der Waals surface area contributed by atoms with Gasteiger partial charge in [-0.05, 0) is 22.8 Å². The SMILES string of the molecule is COc1cccc(C[C@@H](NC(=O)C(c2ccccc2)c2ccccc2)C(=O)O)c1OCc1ccccc1. The molecule has 0 fully saturated rings. The molecule has 0 aromatic heterocycles. The van der Waals surface area contributed by atoms with Crippen molar-refractivity contribution in [2.75, 3.05) is 7.11 Å². The topological polar surface area (TPSA) is 84.9 Å². The molecule has 0 radical (unpaired) electrons. The molecule has 0 saturated heterocycles. The number of hydrogen-bond acceptors (Lipinski definition) is 4. The molecular weight excluding hydrogens is 466 g/mol. The number of carbonyl (C=O) groups excluding carboxylic acids is 1. The van der Waals surface area contributed by atoms with E-state index in [1.165, 1.54) is 7.11 Å². The second kappa shape index (κ2) is 12.4. The molecule has 4 aromatic rings. The molecule has 2 N–H and O–H groups in total. The molecule has 0 spiro atoms. The molecule has 0 aliphatic carbocycles.